The van der Waals surface area contributed by atoms with Crippen molar-refractivity contribution < 1.29 is 0 Å². The molecule has 0 bridgehead atoms. The van der Waals surface area contributed by atoms with Gasteiger partial charge in [0.25, 0.3) is 6.71 Å². The summed E-state index contributed by atoms with van der Waals surface area (Å²) in [7, 11) is -2.86. The summed E-state index contributed by atoms with van der Waals surface area (Å²) in [5, 5.41) is 10.8. The maximum Gasteiger partial charge on any atom is 0.251 e. The molecular formula is C50H33BN2Si. The van der Waals surface area contributed by atoms with Crippen LogP contribution < -0.4 is 46.9 Å². The third-order valence-electron chi connectivity index (χ3n) is 12.3. The molecule has 0 spiro atoms. The Morgan fingerprint density at radius 1 is 0.315 bits per heavy atom. The molecule has 3 aliphatic rings. The van der Waals surface area contributed by atoms with Gasteiger partial charge in [0.1, 0.15) is 0 Å². The average molecular weight is 701 g/mol. The van der Waals surface area contributed by atoms with E-state index in [4.69, 9.17) is 0 Å². The fraction of sp³-hybridized carbons (Fsp3) is 0. The molecule has 0 aliphatic carbocycles. The molecule has 0 amide bonds. The van der Waals surface area contributed by atoms with E-state index in [1.807, 2.05) is 0 Å². The fourth-order valence-corrected chi connectivity index (χ4v) is 15.5. The highest BCUT2D eigenvalue weighted by Crippen LogP contribution is 2.45. The van der Waals surface area contributed by atoms with Crippen LogP contribution in [-0.4, -0.2) is 14.8 Å². The van der Waals surface area contributed by atoms with Crippen molar-refractivity contribution in [2.75, 3.05) is 9.80 Å². The first kappa shape index (κ1) is 29.9. The summed E-state index contributed by atoms with van der Waals surface area (Å²) in [6.07, 6.45) is 0. The van der Waals surface area contributed by atoms with Crippen LogP contribution >= 0.6 is 0 Å². The van der Waals surface area contributed by atoms with E-state index in [1.165, 1.54) is 92.8 Å². The van der Waals surface area contributed by atoms with Crippen LogP contribution in [0.5, 0.6) is 0 Å². The largest absolute Gasteiger partial charge is 0.311 e. The maximum atomic E-state index is 2.56. The van der Waals surface area contributed by atoms with Gasteiger partial charge in [-0.3, -0.25) is 0 Å². The van der Waals surface area contributed by atoms with E-state index in [9.17, 15) is 0 Å². The highest BCUT2D eigenvalue weighted by atomic mass is 28.3. The zero-order valence-electron chi connectivity index (χ0n) is 29.5. The van der Waals surface area contributed by atoms with Gasteiger partial charge >= 0.3 is 0 Å². The molecule has 0 saturated heterocycles. The molecule has 0 saturated carbocycles. The molecule has 0 radical (unpaired) electrons. The lowest BCUT2D eigenvalue weighted by atomic mass is 9.33. The topological polar surface area (TPSA) is 6.48 Å². The summed E-state index contributed by atoms with van der Waals surface area (Å²) < 4.78 is 0. The first-order valence-electron chi connectivity index (χ1n) is 18.9. The number of fused-ring (bicyclic) bond motifs is 2. The summed E-state index contributed by atoms with van der Waals surface area (Å²) in [5.74, 6) is 0. The Labute approximate surface area is 316 Å². The minimum Gasteiger partial charge on any atom is -0.311 e. The van der Waals surface area contributed by atoms with E-state index in [2.05, 4.69) is 210 Å². The lowest BCUT2D eigenvalue weighted by molar-refractivity contribution is 1.26. The van der Waals surface area contributed by atoms with Gasteiger partial charge < -0.3 is 9.80 Å². The van der Waals surface area contributed by atoms with Crippen LogP contribution in [0.25, 0.3) is 21.5 Å². The lowest BCUT2D eigenvalue weighted by Gasteiger charge is -2.51. The Kier molecular flexibility index (Phi) is 6.20. The quantitative estimate of drug-likeness (QED) is 0.173. The van der Waals surface area contributed by atoms with E-state index in [0.29, 0.717) is 0 Å². The van der Waals surface area contributed by atoms with Crippen LogP contribution in [0.4, 0.5) is 34.1 Å². The zero-order chi connectivity index (χ0) is 35.4. The highest BCUT2D eigenvalue weighted by Gasteiger charge is 2.56. The number of benzene rings is 9. The number of hydrogen-bond acceptors (Lipinski definition) is 2. The number of hydrogen-bond donors (Lipinski definition) is 0. The molecule has 0 N–H and O–H groups in total. The predicted molar refractivity (Wildman–Crippen MR) is 233 cm³/mol. The first-order chi connectivity index (χ1) is 26.8. The molecule has 0 fully saturated rings. The van der Waals surface area contributed by atoms with Gasteiger partial charge in [-0.2, -0.15) is 0 Å². The van der Waals surface area contributed by atoms with E-state index in [0.717, 1.165) is 0 Å². The third kappa shape index (κ3) is 3.90. The van der Waals surface area contributed by atoms with Crippen molar-refractivity contribution in [1.29, 1.82) is 0 Å². The van der Waals surface area contributed by atoms with Gasteiger partial charge in [-0.1, -0.05) is 152 Å². The van der Waals surface area contributed by atoms with Crippen molar-refractivity contribution in [3.63, 3.8) is 0 Å². The monoisotopic (exact) mass is 700 g/mol. The van der Waals surface area contributed by atoms with Crippen molar-refractivity contribution in [2.45, 2.75) is 0 Å². The van der Waals surface area contributed by atoms with Gasteiger partial charge in [-0.15, -0.1) is 0 Å². The van der Waals surface area contributed by atoms with Crippen LogP contribution in [-0.2, 0) is 0 Å². The summed E-state index contributed by atoms with van der Waals surface area (Å²) in [4.78, 5) is 5.13. The molecule has 9 aromatic carbocycles. The molecule has 3 heterocycles. The average Bonchev–Trinajstić information content (AvgIpc) is 3.24. The predicted octanol–water partition coefficient (Wildman–Crippen LogP) is 7.77. The minimum absolute atomic E-state index is 0.0927. The van der Waals surface area contributed by atoms with Crippen LogP contribution in [0, 0.1) is 0 Å². The van der Waals surface area contributed by atoms with Crippen molar-refractivity contribution in [3.8, 4) is 0 Å². The Balaban J connectivity index is 1.25. The molecule has 0 aromatic heterocycles. The molecule has 4 heteroatoms. The van der Waals surface area contributed by atoms with Crippen LogP contribution in [0.2, 0.25) is 0 Å². The van der Waals surface area contributed by atoms with Crippen molar-refractivity contribution in [2.24, 2.45) is 0 Å². The SMILES string of the molecule is c1ccc([Si]2(c3ccccc3)c3cccc4c3B3c5c(cccc5N(c5ccc6ccccc6c5)c5cccc2c53)N4c2ccc3ccccc3c2)cc1. The second kappa shape index (κ2) is 11.2. The van der Waals surface area contributed by atoms with Gasteiger partial charge in [0.15, 0.2) is 8.07 Å². The van der Waals surface area contributed by atoms with E-state index < -0.39 is 8.07 Å². The smallest absolute Gasteiger partial charge is 0.251 e. The van der Waals surface area contributed by atoms with Gasteiger partial charge in [0.2, 0.25) is 0 Å². The second-order valence-corrected chi connectivity index (χ2v) is 18.6. The lowest BCUT2D eigenvalue weighted by Crippen LogP contribution is -2.88. The third-order valence-corrected chi connectivity index (χ3v) is 17.1. The molecule has 2 nitrogen and oxygen atoms in total. The molecular weight excluding hydrogens is 667 g/mol. The number of anilines is 6. The molecule has 9 aromatic rings. The summed E-state index contributed by atoms with van der Waals surface area (Å²) >= 11 is 0. The number of nitrogens with zero attached hydrogens (tertiary/aromatic N) is 2. The number of rotatable bonds is 4. The van der Waals surface area contributed by atoms with Gasteiger partial charge in [0, 0.05) is 34.1 Å². The molecule has 0 unspecified atom stereocenters. The Morgan fingerprint density at radius 3 is 1.17 bits per heavy atom. The van der Waals surface area contributed by atoms with E-state index in [-0.39, 0.29) is 6.71 Å². The Morgan fingerprint density at radius 2 is 0.704 bits per heavy atom. The molecule has 3 aliphatic heterocycles. The molecule has 54 heavy (non-hydrogen) atoms. The van der Waals surface area contributed by atoms with E-state index in [1.54, 1.807) is 0 Å². The van der Waals surface area contributed by atoms with E-state index >= 15 is 0 Å². The fourth-order valence-electron chi connectivity index (χ4n) is 10.2. The second-order valence-electron chi connectivity index (χ2n) is 14.8. The van der Waals surface area contributed by atoms with Crippen LogP contribution in [0.1, 0.15) is 0 Å². The standard InChI is InChI=1S/C50H33BN2Si/c1-3-18-40(19-4-1)54(41-20-5-2-6-21-41)46-26-12-24-44-49(46)51-48-42(52(44)38-30-28-34-14-7-9-16-36(34)32-38)22-11-23-43(48)53(45-25-13-27-47(54)50(45)51)39-31-29-35-15-8-10-17-37(35)33-39/h1-33H. The first-order valence-corrected chi connectivity index (χ1v) is 20.9. The highest BCUT2D eigenvalue weighted by molar-refractivity contribution is 7.27. The minimum atomic E-state index is -2.86. The van der Waals surface area contributed by atoms with Crippen molar-refractivity contribution >= 4 is 108 Å². The molecule has 12 rings (SSSR count). The molecule has 250 valence electrons. The molecule has 0 atom stereocenters. The maximum absolute atomic E-state index is 2.86. The summed E-state index contributed by atoms with van der Waals surface area (Å²) in [6.45, 7) is 0.0927. The van der Waals surface area contributed by atoms with Crippen LogP contribution in [0.15, 0.2) is 200 Å². The summed E-state index contributed by atoms with van der Waals surface area (Å²) in [5.41, 5.74) is 11.7. The van der Waals surface area contributed by atoms with Crippen LogP contribution in [0.3, 0.4) is 0 Å². The van der Waals surface area contributed by atoms with Gasteiger partial charge in [-0.25, -0.2) is 0 Å². The summed E-state index contributed by atoms with van der Waals surface area (Å²) in [6, 6.07) is 75.5. The Bertz CT molecular complexity index is 2780. The Hall–Kier alpha value is -6.62. The van der Waals surface area contributed by atoms with Gasteiger partial charge in [-0.05, 0) is 107 Å². The van der Waals surface area contributed by atoms with Crippen molar-refractivity contribution in [1.82, 2.24) is 0 Å². The zero-order valence-corrected chi connectivity index (χ0v) is 30.5. The normalized spacial score (nSPS) is 14.3. The van der Waals surface area contributed by atoms with Gasteiger partial charge in [0.05, 0.1) is 0 Å². The van der Waals surface area contributed by atoms with Crippen molar-refractivity contribution in [3.05, 3.63) is 200 Å².